The topological polar surface area (TPSA) is 61.6 Å². The molecule has 0 spiro atoms. The van der Waals surface area contributed by atoms with E-state index in [0.29, 0.717) is 0 Å². The Labute approximate surface area is 119 Å². The van der Waals surface area contributed by atoms with Crippen molar-refractivity contribution in [1.82, 2.24) is 4.90 Å². The smallest absolute Gasteiger partial charge is 0.273 e. The second-order valence-electron chi connectivity index (χ2n) is 4.95. The number of nitrogens with one attached hydrogen (secondary N) is 1. The molecule has 1 aliphatic heterocycles. The van der Waals surface area contributed by atoms with Crippen molar-refractivity contribution in [2.45, 2.75) is 13.8 Å². The fourth-order valence-electron chi connectivity index (χ4n) is 2.51. The van der Waals surface area contributed by atoms with Gasteiger partial charge < -0.3 is 15.1 Å². The predicted octanol–water partition coefficient (Wildman–Crippen LogP) is 2.17. The molecule has 0 aromatic heterocycles. The van der Waals surface area contributed by atoms with E-state index in [4.69, 9.17) is 0 Å². The van der Waals surface area contributed by atoms with E-state index in [-0.39, 0.29) is 10.6 Å². The number of nitro benzene ring substituents is 1. The van der Waals surface area contributed by atoms with E-state index in [1.165, 1.54) is 0 Å². The van der Waals surface area contributed by atoms with Crippen molar-refractivity contribution in [3.8, 4) is 0 Å². The molecule has 0 unspecified atom stereocenters. The SMILES string of the molecule is CCNc1cc(N2CCN(CC)CC2)cc([N+](=O)[O-])c1. The van der Waals surface area contributed by atoms with Crippen LogP contribution in [0.3, 0.4) is 0 Å². The van der Waals surface area contributed by atoms with Crippen LogP contribution in [0, 0.1) is 10.1 Å². The summed E-state index contributed by atoms with van der Waals surface area (Å²) in [5.74, 6) is 0. The molecule has 0 atom stereocenters. The standard InChI is InChI=1S/C14H22N4O2/c1-3-15-12-9-13(11-14(10-12)18(19)20)17-7-5-16(4-2)6-8-17/h9-11,15H,3-8H2,1-2H3. The van der Waals surface area contributed by atoms with E-state index in [1.807, 2.05) is 13.0 Å². The van der Waals surface area contributed by atoms with Crippen molar-refractivity contribution >= 4 is 17.1 Å². The Morgan fingerprint density at radius 1 is 1.20 bits per heavy atom. The number of anilines is 2. The number of likely N-dealkylation sites (N-methyl/N-ethyl adjacent to an activating group) is 1. The molecule has 1 aliphatic rings. The van der Waals surface area contributed by atoms with Gasteiger partial charge in [0.1, 0.15) is 0 Å². The first kappa shape index (κ1) is 14.6. The van der Waals surface area contributed by atoms with E-state index in [9.17, 15) is 10.1 Å². The molecule has 110 valence electrons. The Morgan fingerprint density at radius 2 is 1.90 bits per heavy atom. The van der Waals surface area contributed by atoms with Gasteiger partial charge in [0.05, 0.1) is 4.92 Å². The van der Waals surface area contributed by atoms with Crippen molar-refractivity contribution in [2.24, 2.45) is 0 Å². The molecule has 0 bridgehead atoms. The zero-order valence-corrected chi connectivity index (χ0v) is 12.1. The summed E-state index contributed by atoms with van der Waals surface area (Å²) in [5, 5.41) is 14.2. The third-order valence-electron chi connectivity index (χ3n) is 3.68. The van der Waals surface area contributed by atoms with Crippen LogP contribution in [0.4, 0.5) is 17.1 Å². The molecule has 1 heterocycles. The summed E-state index contributed by atoms with van der Waals surface area (Å²) in [6.45, 7) is 9.81. The molecule has 1 N–H and O–H groups in total. The third kappa shape index (κ3) is 3.39. The van der Waals surface area contributed by atoms with Gasteiger partial charge in [-0.05, 0) is 19.5 Å². The van der Waals surface area contributed by atoms with Gasteiger partial charge in [-0.1, -0.05) is 6.92 Å². The molecule has 2 rings (SSSR count). The number of non-ortho nitro benzene ring substituents is 1. The van der Waals surface area contributed by atoms with Crippen molar-refractivity contribution in [3.05, 3.63) is 28.3 Å². The van der Waals surface area contributed by atoms with E-state index >= 15 is 0 Å². The monoisotopic (exact) mass is 278 g/mol. The first-order chi connectivity index (χ1) is 9.63. The normalized spacial score (nSPS) is 16.2. The van der Waals surface area contributed by atoms with E-state index in [2.05, 4.69) is 22.0 Å². The highest BCUT2D eigenvalue weighted by Crippen LogP contribution is 2.27. The van der Waals surface area contributed by atoms with Gasteiger partial charge in [-0.15, -0.1) is 0 Å². The van der Waals surface area contributed by atoms with Gasteiger partial charge in [-0.3, -0.25) is 10.1 Å². The van der Waals surface area contributed by atoms with Crippen LogP contribution in [0.2, 0.25) is 0 Å². The Balaban J connectivity index is 2.20. The maximum Gasteiger partial charge on any atom is 0.273 e. The molecule has 6 heteroatoms. The highest BCUT2D eigenvalue weighted by atomic mass is 16.6. The molecule has 20 heavy (non-hydrogen) atoms. The minimum Gasteiger partial charge on any atom is -0.385 e. The average molecular weight is 278 g/mol. The van der Waals surface area contributed by atoms with Crippen LogP contribution in [0.5, 0.6) is 0 Å². The summed E-state index contributed by atoms with van der Waals surface area (Å²) >= 11 is 0. The molecule has 1 fully saturated rings. The van der Waals surface area contributed by atoms with Crippen LogP contribution in [0.1, 0.15) is 13.8 Å². The average Bonchev–Trinajstić information content (AvgIpc) is 2.47. The second kappa shape index (κ2) is 6.56. The molecule has 0 aliphatic carbocycles. The molecular weight excluding hydrogens is 256 g/mol. The van der Waals surface area contributed by atoms with Gasteiger partial charge in [0, 0.05) is 56.2 Å². The number of nitrogens with zero attached hydrogens (tertiary/aromatic N) is 3. The molecule has 1 saturated heterocycles. The summed E-state index contributed by atoms with van der Waals surface area (Å²) in [6, 6.07) is 5.26. The predicted molar refractivity (Wildman–Crippen MR) is 81.6 cm³/mol. The van der Waals surface area contributed by atoms with E-state index in [0.717, 1.165) is 50.6 Å². The Hall–Kier alpha value is -1.82. The molecule has 1 aromatic carbocycles. The fourth-order valence-corrected chi connectivity index (χ4v) is 2.51. The highest BCUT2D eigenvalue weighted by Gasteiger charge is 2.18. The summed E-state index contributed by atoms with van der Waals surface area (Å²) < 4.78 is 0. The largest absolute Gasteiger partial charge is 0.385 e. The zero-order chi connectivity index (χ0) is 14.5. The van der Waals surface area contributed by atoms with E-state index in [1.54, 1.807) is 12.1 Å². The van der Waals surface area contributed by atoms with Crippen LogP contribution in [0.15, 0.2) is 18.2 Å². The van der Waals surface area contributed by atoms with Gasteiger partial charge in [-0.25, -0.2) is 0 Å². The Bertz CT molecular complexity index is 470. The van der Waals surface area contributed by atoms with Crippen LogP contribution < -0.4 is 10.2 Å². The lowest BCUT2D eigenvalue weighted by Gasteiger charge is -2.35. The lowest BCUT2D eigenvalue weighted by molar-refractivity contribution is -0.384. The van der Waals surface area contributed by atoms with Gasteiger partial charge in [0.2, 0.25) is 0 Å². The second-order valence-corrected chi connectivity index (χ2v) is 4.95. The number of nitro groups is 1. The third-order valence-corrected chi connectivity index (χ3v) is 3.68. The van der Waals surface area contributed by atoms with Crippen molar-refractivity contribution in [2.75, 3.05) is 49.5 Å². The fraction of sp³-hybridized carbons (Fsp3) is 0.571. The number of hydrogen-bond donors (Lipinski definition) is 1. The van der Waals surface area contributed by atoms with Crippen LogP contribution in [-0.4, -0.2) is 49.1 Å². The number of rotatable bonds is 5. The highest BCUT2D eigenvalue weighted by molar-refractivity contribution is 5.64. The molecule has 0 amide bonds. The Kier molecular flexibility index (Phi) is 4.79. The molecule has 0 saturated carbocycles. The minimum absolute atomic E-state index is 0.149. The quantitative estimate of drug-likeness (QED) is 0.660. The minimum atomic E-state index is -0.327. The first-order valence-corrected chi connectivity index (χ1v) is 7.14. The zero-order valence-electron chi connectivity index (χ0n) is 12.1. The summed E-state index contributed by atoms with van der Waals surface area (Å²) in [6.07, 6.45) is 0. The lowest BCUT2D eigenvalue weighted by atomic mass is 10.2. The number of benzene rings is 1. The van der Waals surface area contributed by atoms with Crippen LogP contribution in [-0.2, 0) is 0 Å². The number of piperazine rings is 1. The maximum absolute atomic E-state index is 11.0. The summed E-state index contributed by atoms with van der Waals surface area (Å²) in [5.41, 5.74) is 1.90. The van der Waals surface area contributed by atoms with Gasteiger partial charge in [-0.2, -0.15) is 0 Å². The molecule has 1 aromatic rings. The Morgan fingerprint density at radius 3 is 2.45 bits per heavy atom. The maximum atomic E-state index is 11.0. The van der Waals surface area contributed by atoms with Crippen LogP contribution >= 0.6 is 0 Å². The van der Waals surface area contributed by atoms with Crippen molar-refractivity contribution in [1.29, 1.82) is 0 Å². The van der Waals surface area contributed by atoms with E-state index < -0.39 is 0 Å². The van der Waals surface area contributed by atoms with Gasteiger partial charge in [0.15, 0.2) is 0 Å². The van der Waals surface area contributed by atoms with Crippen molar-refractivity contribution < 1.29 is 4.92 Å². The molecule has 6 nitrogen and oxygen atoms in total. The van der Waals surface area contributed by atoms with Gasteiger partial charge >= 0.3 is 0 Å². The summed E-state index contributed by atoms with van der Waals surface area (Å²) in [4.78, 5) is 15.3. The molecular formula is C14H22N4O2. The summed E-state index contributed by atoms with van der Waals surface area (Å²) in [7, 11) is 0. The molecule has 0 radical (unpaired) electrons. The van der Waals surface area contributed by atoms with Gasteiger partial charge in [0.25, 0.3) is 5.69 Å². The van der Waals surface area contributed by atoms with Crippen molar-refractivity contribution in [3.63, 3.8) is 0 Å². The first-order valence-electron chi connectivity index (χ1n) is 7.14. The van der Waals surface area contributed by atoms with Crippen LogP contribution in [0.25, 0.3) is 0 Å². The lowest BCUT2D eigenvalue weighted by Crippen LogP contribution is -2.46. The number of hydrogen-bond acceptors (Lipinski definition) is 5.